The van der Waals surface area contributed by atoms with Crippen molar-refractivity contribution in [2.24, 2.45) is 5.92 Å². The van der Waals surface area contributed by atoms with Gasteiger partial charge in [0.25, 0.3) is 0 Å². The molecule has 1 atom stereocenters. The first-order chi connectivity index (χ1) is 9.10. The van der Waals surface area contributed by atoms with Gasteiger partial charge in [-0.2, -0.15) is 0 Å². The largest absolute Gasteiger partial charge is 0.358 e. The van der Waals surface area contributed by atoms with E-state index in [2.05, 4.69) is 17.1 Å². The number of amides is 2. The van der Waals surface area contributed by atoms with E-state index in [1.807, 2.05) is 6.92 Å². The zero-order valence-corrected chi connectivity index (χ0v) is 12.4. The molecule has 1 saturated heterocycles. The van der Waals surface area contributed by atoms with Crippen molar-refractivity contribution in [1.82, 2.24) is 15.1 Å². The molecule has 0 aromatic rings. The maximum Gasteiger partial charge on any atom is 0.239 e. The van der Waals surface area contributed by atoms with Crippen LogP contribution in [0.3, 0.4) is 0 Å². The van der Waals surface area contributed by atoms with Gasteiger partial charge in [0.1, 0.15) is 0 Å². The molecule has 1 aliphatic heterocycles. The Morgan fingerprint density at radius 2 is 2.11 bits per heavy atom. The molecule has 5 nitrogen and oxygen atoms in total. The van der Waals surface area contributed by atoms with Crippen LogP contribution in [0.15, 0.2) is 0 Å². The normalized spacial score (nSPS) is 20.1. The number of likely N-dealkylation sites (tertiary alicyclic amines) is 1. The van der Waals surface area contributed by atoms with Crippen molar-refractivity contribution in [3.05, 3.63) is 0 Å². The van der Waals surface area contributed by atoms with Gasteiger partial charge in [0, 0.05) is 20.1 Å². The molecular weight excluding hydrogens is 242 g/mol. The van der Waals surface area contributed by atoms with Gasteiger partial charge in [0.2, 0.25) is 11.8 Å². The minimum atomic E-state index is -0.111. The van der Waals surface area contributed by atoms with Gasteiger partial charge in [-0.3, -0.25) is 14.5 Å². The number of nitrogens with zero attached hydrogens (tertiary/aromatic N) is 2. The molecule has 0 aromatic heterocycles. The molecule has 0 spiro atoms. The Hall–Kier alpha value is -1.10. The lowest BCUT2D eigenvalue weighted by Crippen LogP contribution is -2.46. The number of likely N-dealkylation sites (N-methyl/N-ethyl adjacent to an activating group) is 2. The molecule has 19 heavy (non-hydrogen) atoms. The average molecular weight is 269 g/mol. The highest BCUT2D eigenvalue weighted by Crippen LogP contribution is 2.18. The second-order valence-corrected chi connectivity index (χ2v) is 5.23. The van der Waals surface area contributed by atoms with E-state index in [-0.39, 0.29) is 18.4 Å². The third kappa shape index (κ3) is 5.19. The summed E-state index contributed by atoms with van der Waals surface area (Å²) in [6.07, 6.45) is 3.63. The molecule has 0 bridgehead atoms. The van der Waals surface area contributed by atoms with Gasteiger partial charge in [-0.25, -0.2) is 0 Å². The number of rotatable bonds is 6. The second-order valence-electron chi connectivity index (χ2n) is 5.23. The van der Waals surface area contributed by atoms with Crippen molar-refractivity contribution in [1.29, 1.82) is 0 Å². The van der Waals surface area contributed by atoms with E-state index in [1.54, 1.807) is 11.9 Å². The van der Waals surface area contributed by atoms with Crippen LogP contribution < -0.4 is 5.32 Å². The monoisotopic (exact) mass is 269 g/mol. The Morgan fingerprint density at radius 1 is 1.37 bits per heavy atom. The fraction of sp³-hybridized carbons (Fsp3) is 0.857. The smallest absolute Gasteiger partial charge is 0.239 e. The van der Waals surface area contributed by atoms with Crippen LogP contribution in [-0.4, -0.2) is 61.4 Å². The van der Waals surface area contributed by atoms with Crippen LogP contribution in [0.5, 0.6) is 0 Å². The predicted octanol–water partition coefficient (Wildman–Crippen LogP) is 0.703. The molecule has 1 aliphatic rings. The molecule has 0 aliphatic carbocycles. The van der Waals surface area contributed by atoms with Gasteiger partial charge < -0.3 is 10.2 Å². The molecule has 2 amide bonds. The van der Waals surface area contributed by atoms with E-state index in [0.29, 0.717) is 13.1 Å². The minimum Gasteiger partial charge on any atom is -0.358 e. The van der Waals surface area contributed by atoms with Crippen molar-refractivity contribution in [3.8, 4) is 0 Å². The van der Waals surface area contributed by atoms with Crippen molar-refractivity contribution in [2.75, 3.05) is 39.8 Å². The fourth-order valence-electron chi connectivity index (χ4n) is 2.55. The SMILES string of the molecule is CCC1CCCN(CC(=O)N(CC)CC(=O)NC)C1. The third-order valence-electron chi connectivity index (χ3n) is 3.89. The van der Waals surface area contributed by atoms with Crippen LogP contribution >= 0.6 is 0 Å². The molecular formula is C14H27N3O2. The van der Waals surface area contributed by atoms with E-state index in [4.69, 9.17) is 0 Å². The summed E-state index contributed by atoms with van der Waals surface area (Å²) in [7, 11) is 1.59. The second kappa shape index (κ2) is 8.15. The summed E-state index contributed by atoms with van der Waals surface area (Å²) in [6, 6.07) is 0. The summed E-state index contributed by atoms with van der Waals surface area (Å²) in [6.45, 7) is 7.32. The number of carbonyl (C=O) groups excluding carboxylic acids is 2. The Bertz CT molecular complexity index is 307. The van der Waals surface area contributed by atoms with Gasteiger partial charge in [-0.1, -0.05) is 13.3 Å². The minimum absolute atomic E-state index is 0.0582. The highest BCUT2D eigenvalue weighted by atomic mass is 16.2. The summed E-state index contributed by atoms with van der Waals surface area (Å²) < 4.78 is 0. The molecule has 0 radical (unpaired) electrons. The zero-order valence-electron chi connectivity index (χ0n) is 12.4. The van der Waals surface area contributed by atoms with Crippen molar-refractivity contribution >= 4 is 11.8 Å². The van der Waals surface area contributed by atoms with Crippen molar-refractivity contribution in [3.63, 3.8) is 0 Å². The topological polar surface area (TPSA) is 52.7 Å². The highest BCUT2D eigenvalue weighted by molar-refractivity contribution is 5.85. The first-order valence-electron chi connectivity index (χ1n) is 7.31. The van der Waals surface area contributed by atoms with Crippen LogP contribution in [0.25, 0.3) is 0 Å². The highest BCUT2D eigenvalue weighted by Gasteiger charge is 2.23. The molecule has 0 saturated carbocycles. The van der Waals surface area contributed by atoms with Crippen molar-refractivity contribution < 1.29 is 9.59 Å². The predicted molar refractivity (Wildman–Crippen MR) is 75.8 cm³/mol. The average Bonchev–Trinajstić information content (AvgIpc) is 2.44. The zero-order chi connectivity index (χ0) is 14.3. The lowest BCUT2D eigenvalue weighted by atomic mass is 9.96. The maximum absolute atomic E-state index is 12.2. The van der Waals surface area contributed by atoms with Gasteiger partial charge >= 0.3 is 0 Å². The first-order valence-corrected chi connectivity index (χ1v) is 7.31. The first kappa shape index (κ1) is 16.0. The summed E-state index contributed by atoms with van der Waals surface area (Å²) in [5.41, 5.74) is 0. The number of hydrogen-bond donors (Lipinski definition) is 1. The lowest BCUT2D eigenvalue weighted by Gasteiger charge is -2.33. The molecule has 1 rings (SSSR count). The van der Waals surface area contributed by atoms with Crippen LogP contribution in [0.4, 0.5) is 0 Å². The van der Waals surface area contributed by atoms with Crippen LogP contribution in [0.1, 0.15) is 33.1 Å². The third-order valence-corrected chi connectivity index (χ3v) is 3.89. The quantitative estimate of drug-likeness (QED) is 0.772. The van der Waals surface area contributed by atoms with Gasteiger partial charge in [-0.15, -0.1) is 0 Å². The number of nitrogens with one attached hydrogen (secondary N) is 1. The van der Waals surface area contributed by atoms with Crippen LogP contribution in [0, 0.1) is 5.92 Å². The summed E-state index contributed by atoms with van der Waals surface area (Å²) in [5.74, 6) is 0.665. The fourth-order valence-corrected chi connectivity index (χ4v) is 2.55. The summed E-state index contributed by atoms with van der Waals surface area (Å²) in [4.78, 5) is 27.4. The molecule has 110 valence electrons. The number of carbonyl (C=O) groups is 2. The lowest BCUT2D eigenvalue weighted by molar-refractivity contribution is -0.137. The van der Waals surface area contributed by atoms with Crippen LogP contribution in [-0.2, 0) is 9.59 Å². The van der Waals surface area contributed by atoms with E-state index in [9.17, 15) is 9.59 Å². The van der Waals surface area contributed by atoms with Crippen molar-refractivity contribution in [2.45, 2.75) is 33.1 Å². The molecule has 0 aromatic carbocycles. The Morgan fingerprint density at radius 3 is 2.68 bits per heavy atom. The molecule has 1 heterocycles. The van der Waals surface area contributed by atoms with Gasteiger partial charge in [0.05, 0.1) is 13.1 Å². The Kier molecular flexibility index (Phi) is 6.84. The van der Waals surface area contributed by atoms with E-state index in [1.165, 1.54) is 19.3 Å². The standard InChI is InChI=1S/C14H27N3O2/c1-4-12-7-6-8-16(9-12)11-14(19)17(5-2)10-13(18)15-3/h12H,4-11H2,1-3H3,(H,15,18). The van der Waals surface area contributed by atoms with Gasteiger partial charge in [0.15, 0.2) is 0 Å². The Balaban J connectivity index is 2.45. The molecule has 1 N–H and O–H groups in total. The van der Waals surface area contributed by atoms with Gasteiger partial charge in [-0.05, 0) is 32.2 Å². The Labute approximate surface area is 116 Å². The molecule has 1 unspecified atom stereocenters. The molecule has 5 heteroatoms. The van der Waals surface area contributed by atoms with E-state index >= 15 is 0 Å². The number of piperidine rings is 1. The van der Waals surface area contributed by atoms with E-state index in [0.717, 1.165) is 19.0 Å². The maximum atomic E-state index is 12.2. The molecule has 1 fully saturated rings. The number of hydrogen-bond acceptors (Lipinski definition) is 3. The summed E-state index contributed by atoms with van der Waals surface area (Å²) >= 11 is 0. The van der Waals surface area contributed by atoms with Crippen LogP contribution in [0.2, 0.25) is 0 Å². The van der Waals surface area contributed by atoms with E-state index < -0.39 is 0 Å². The summed E-state index contributed by atoms with van der Waals surface area (Å²) in [5, 5.41) is 2.56.